The molecule has 32 heteroatoms. The van der Waals surface area contributed by atoms with Crippen LogP contribution in [-0.4, -0.2) is 217 Å². The van der Waals surface area contributed by atoms with E-state index >= 15 is 0 Å². The van der Waals surface area contributed by atoms with Gasteiger partial charge in [0, 0.05) is 30.6 Å². The summed E-state index contributed by atoms with van der Waals surface area (Å²) in [5.41, 5.74) is -3.39. The highest BCUT2D eigenvalue weighted by Crippen LogP contribution is 2.71. The molecule has 1 spiro atoms. The zero-order chi connectivity index (χ0) is 91.7. The number of aliphatic hydroxyl groups excluding tert-OH is 2. The van der Waals surface area contributed by atoms with Crippen LogP contribution >= 0.6 is 0 Å². The zero-order valence-corrected chi connectivity index (χ0v) is 76.9. The van der Waals surface area contributed by atoms with E-state index in [0.717, 1.165) is 99.9 Å². The van der Waals surface area contributed by atoms with Crippen LogP contribution in [0.15, 0.2) is 12.2 Å². The highest BCUT2D eigenvalue weighted by molar-refractivity contribution is 5.87. The van der Waals surface area contributed by atoms with Crippen LogP contribution in [0.25, 0.3) is 0 Å². The lowest BCUT2D eigenvalue weighted by Crippen LogP contribution is -2.41. The maximum atomic E-state index is 12.3. The molecular formula is C93H138O32. The summed E-state index contributed by atoms with van der Waals surface area (Å²) >= 11 is 0. The van der Waals surface area contributed by atoms with Crippen LogP contribution in [-0.2, 0) is 143 Å². The van der Waals surface area contributed by atoms with Gasteiger partial charge in [0.15, 0.2) is 42.5 Å². The maximum absolute atomic E-state index is 12.3. The Morgan fingerprint density at radius 1 is 0.408 bits per heavy atom. The van der Waals surface area contributed by atoms with Crippen LogP contribution in [0.5, 0.6) is 0 Å². The average molecular weight is 1770 g/mol. The van der Waals surface area contributed by atoms with Crippen molar-refractivity contribution in [2.75, 3.05) is 13.7 Å². The van der Waals surface area contributed by atoms with E-state index in [1.165, 1.54) is 39.2 Å². The molecule has 18 aliphatic rings. The lowest BCUT2D eigenvalue weighted by atomic mass is 9.64. The number of carbonyl (C=O) groups excluding carboxylic acids is 12. The molecule has 7 saturated carbocycles. The fourth-order valence-corrected chi connectivity index (χ4v) is 20.6. The summed E-state index contributed by atoms with van der Waals surface area (Å²) in [6.07, 6.45) is 10.3. The van der Waals surface area contributed by atoms with Crippen molar-refractivity contribution in [3.63, 3.8) is 0 Å². The lowest BCUT2D eigenvalue weighted by Gasteiger charge is -2.38. The Morgan fingerprint density at radius 3 is 1.38 bits per heavy atom. The van der Waals surface area contributed by atoms with Crippen molar-refractivity contribution >= 4 is 71.6 Å². The van der Waals surface area contributed by atoms with Crippen LogP contribution in [0.3, 0.4) is 0 Å². The summed E-state index contributed by atoms with van der Waals surface area (Å²) in [6.45, 7) is 37.6. The molecule has 0 radical (unpaired) electrons. The molecule has 29 unspecified atom stereocenters. The molecule has 32 nitrogen and oxygen atoms in total. The first-order valence-electron chi connectivity index (χ1n) is 45.9. The molecule has 0 aromatic heterocycles. The molecular weight excluding hydrogens is 1630 g/mol. The number of fused-ring (bicyclic) bond motifs is 21. The van der Waals surface area contributed by atoms with Gasteiger partial charge >= 0.3 is 71.6 Å². The Morgan fingerprint density at radius 2 is 0.864 bits per heavy atom. The quantitative estimate of drug-likeness (QED) is 0.0591. The molecule has 4 bridgehead atoms. The lowest BCUT2D eigenvalue weighted by molar-refractivity contribution is -0.246. The van der Waals surface area contributed by atoms with Gasteiger partial charge < -0.3 is 95.5 Å². The largest absolute Gasteiger partial charge is 0.469 e. The topological polar surface area (TPSA) is 411 Å². The van der Waals surface area contributed by atoms with E-state index < -0.39 is 154 Å². The van der Waals surface area contributed by atoms with E-state index in [9.17, 15) is 67.7 Å². The number of rotatable bonds is 17. The Kier molecular flexibility index (Phi) is 29.1. The second-order valence-corrected chi connectivity index (χ2v) is 41.6. The van der Waals surface area contributed by atoms with E-state index in [1.807, 2.05) is 123 Å². The molecule has 8 aliphatic carbocycles. The van der Waals surface area contributed by atoms with Gasteiger partial charge in [0.2, 0.25) is 30.5 Å². The van der Waals surface area contributed by atoms with E-state index in [-0.39, 0.29) is 89.5 Å². The van der Waals surface area contributed by atoms with E-state index in [1.54, 1.807) is 27.7 Å². The van der Waals surface area contributed by atoms with Crippen molar-refractivity contribution in [2.45, 2.75) is 389 Å². The minimum absolute atomic E-state index is 0.0231. The third kappa shape index (κ3) is 19.6. The van der Waals surface area contributed by atoms with Gasteiger partial charge in [-0.25, -0.2) is 24.0 Å². The summed E-state index contributed by atoms with van der Waals surface area (Å²) in [6, 6.07) is 0. The molecule has 702 valence electrons. The first-order chi connectivity index (χ1) is 58.6. The van der Waals surface area contributed by atoms with Crippen molar-refractivity contribution in [3.8, 4) is 0 Å². The van der Waals surface area contributed by atoms with Gasteiger partial charge in [-0.2, -0.15) is 0 Å². The summed E-state index contributed by atoms with van der Waals surface area (Å²) in [5.74, 6) is 0.566. The second-order valence-electron chi connectivity index (χ2n) is 41.6. The van der Waals surface area contributed by atoms with E-state index in [2.05, 4.69) is 4.74 Å². The Labute approximate surface area is 733 Å². The van der Waals surface area contributed by atoms with Gasteiger partial charge in [-0.1, -0.05) is 54.0 Å². The first-order valence-corrected chi connectivity index (χ1v) is 45.9. The molecule has 2 N–H and O–H groups in total. The van der Waals surface area contributed by atoms with E-state index in [4.69, 9.17) is 80.5 Å². The SMILES string of the molecule is CCC(C)(C)C(=O)OC.CCC(C)(C)C(=O)OC1C(=O)OC2C(O)C(O)OC12.CCC(C)(C)C(=O)OC1C(=O)OC2C1CC1OC(C)(C)OC12.CCC(C)(C)C(=O)OC1C(=O)OC2C3OC4(CCCCC4)OC3OC12.CCC(C)(C)C(=O)OC1C(=O)OC2C=CCC21.CCC(C)(C)C(=O)OC1C(=O)OC2CCCC21.O=C1OCC2C3CC(C12)C1C2CCC(C2)C31. The van der Waals surface area contributed by atoms with E-state index in [0.29, 0.717) is 50.4 Å². The molecule has 0 amide bonds. The summed E-state index contributed by atoms with van der Waals surface area (Å²) in [5, 5.41) is 18.9. The highest BCUT2D eigenvalue weighted by atomic mass is 16.9. The average Bonchev–Trinajstić information content (AvgIpc) is 1.53. The maximum Gasteiger partial charge on any atom is 0.350 e. The van der Waals surface area contributed by atoms with Crippen LogP contribution in [0.1, 0.15) is 267 Å². The third-order valence-corrected chi connectivity index (χ3v) is 30.8. The number of aliphatic hydroxyl groups is 2. The normalized spacial score (nSPS) is 38.2. The number of cyclic esters (lactones) is 1. The van der Waals surface area contributed by atoms with Gasteiger partial charge in [0.05, 0.1) is 64.1 Å². The highest BCUT2D eigenvalue weighted by Gasteiger charge is 2.71. The number of ether oxygens (including phenoxy) is 18. The predicted molar refractivity (Wildman–Crippen MR) is 436 cm³/mol. The molecule has 0 aromatic rings. The minimum atomic E-state index is -1.44. The molecule has 0 aromatic carbocycles. The van der Waals surface area contributed by atoms with Crippen LogP contribution in [0, 0.1) is 97.6 Å². The molecule has 125 heavy (non-hydrogen) atoms. The zero-order valence-electron chi connectivity index (χ0n) is 76.9. The molecule has 10 heterocycles. The summed E-state index contributed by atoms with van der Waals surface area (Å²) in [7, 11) is 1.42. The van der Waals surface area contributed by atoms with Gasteiger partial charge in [0.25, 0.3) is 0 Å². The van der Waals surface area contributed by atoms with Crippen molar-refractivity contribution < 1.29 is 153 Å². The number of allylic oxidation sites excluding steroid dienone is 1. The molecule has 10 aliphatic heterocycles. The monoisotopic (exact) mass is 1770 g/mol. The Balaban J connectivity index is 0.000000135. The van der Waals surface area contributed by atoms with Crippen molar-refractivity contribution in [3.05, 3.63) is 12.2 Å². The fraction of sp³-hybridized carbons (Fsp3) is 0.849. The van der Waals surface area contributed by atoms with Gasteiger partial charge in [-0.15, -0.1) is 0 Å². The van der Waals surface area contributed by atoms with Crippen LogP contribution in [0.2, 0.25) is 0 Å². The predicted octanol–water partition coefficient (Wildman–Crippen LogP) is 10.8. The van der Waals surface area contributed by atoms with Crippen molar-refractivity contribution in [1.29, 1.82) is 0 Å². The minimum Gasteiger partial charge on any atom is -0.469 e. The molecule has 18 rings (SSSR count). The number of hydrogen-bond donors (Lipinski definition) is 2. The molecule has 10 saturated heterocycles. The number of carbonyl (C=O) groups is 12. The summed E-state index contributed by atoms with van der Waals surface area (Å²) in [4.78, 5) is 142. The summed E-state index contributed by atoms with van der Waals surface area (Å²) < 4.78 is 97.6. The number of esters is 12. The van der Waals surface area contributed by atoms with Crippen molar-refractivity contribution in [2.24, 2.45) is 97.6 Å². The standard InChI is InChI=1S/C18H26O7.C16H24O6.C14H18O2.C13H20O4.C13H18O4.C12H18O7.C7H14O2/c1-4-17(2,3)16(20)23-12-10-11(21-14(12)19)13-15(22-10)25-18(24-13)8-6-5-7-9-18;1-6-15(2,3)14(18)20-11-8-7-9-12(10(8)19-13(11)17)22-16(4,5)21-9;15-14-13-9-4-8(10(13)5-16-14)11-6-1-2-7(3-6)12(9)11;2*1-4-13(2,3)12(15)17-10-8-6-5-7-9(8)16-11(10)14;1-4-12(2,3)11(16)19-8-7-6(17-10(8)15)5(13)9(14)18-7;1-5-7(2,3)6(8)9-4/h10-13,15H,4-9H2,1-3H3;8-12H,6-7H2,1-5H3;6-13H,1-5H2;8-10H,4-7H2,1-3H3;5,7-10H,4,6H2,1-3H3;5-9,13-14H,4H2,1-3H3;5H2,1-4H3. The smallest absolute Gasteiger partial charge is 0.350 e. The Bertz CT molecular complexity index is 3990. The first kappa shape index (κ1) is 97.1. The Hall–Kier alpha value is -6.94. The molecule has 29 atom stereocenters. The van der Waals surface area contributed by atoms with Gasteiger partial charge in [-0.3, -0.25) is 33.6 Å². The number of hydrogen-bond acceptors (Lipinski definition) is 32. The third-order valence-electron chi connectivity index (χ3n) is 30.8. The van der Waals surface area contributed by atoms with Gasteiger partial charge in [-0.05, 0) is 248 Å². The van der Waals surface area contributed by atoms with Crippen LogP contribution in [0.4, 0.5) is 0 Å². The number of methoxy groups -OCH3 is 1. The van der Waals surface area contributed by atoms with Crippen molar-refractivity contribution in [1.82, 2.24) is 0 Å². The fourth-order valence-electron chi connectivity index (χ4n) is 20.6. The van der Waals surface area contributed by atoms with Crippen LogP contribution < -0.4 is 0 Å². The molecule has 17 fully saturated rings. The second kappa shape index (κ2) is 37.5. The van der Waals surface area contributed by atoms with Gasteiger partial charge in [0.1, 0.15) is 42.7 Å².